The van der Waals surface area contributed by atoms with Crippen LogP contribution in [0.3, 0.4) is 0 Å². The lowest BCUT2D eigenvalue weighted by atomic mass is 10.2. The number of thiophene rings is 1. The van der Waals surface area contributed by atoms with E-state index in [2.05, 4.69) is 30.6 Å². The maximum absolute atomic E-state index is 12.7. The van der Waals surface area contributed by atoms with Gasteiger partial charge in [-0.05, 0) is 48.6 Å². The zero-order valence-electron chi connectivity index (χ0n) is 14.8. The Kier molecular flexibility index (Phi) is 4.17. The maximum Gasteiger partial charge on any atom is 0.258 e. The largest absolute Gasteiger partial charge is 0.367 e. The van der Waals surface area contributed by atoms with Gasteiger partial charge in [0.05, 0.1) is 10.9 Å². The van der Waals surface area contributed by atoms with Gasteiger partial charge in [0, 0.05) is 18.4 Å². The van der Waals surface area contributed by atoms with Crippen LogP contribution >= 0.6 is 11.3 Å². The van der Waals surface area contributed by atoms with Crippen molar-refractivity contribution in [1.29, 1.82) is 0 Å². The molecule has 1 aliphatic rings. The predicted molar refractivity (Wildman–Crippen MR) is 109 cm³/mol. The molecular formula is C20H16N6OS. The summed E-state index contributed by atoms with van der Waals surface area (Å²) in [5, 5.41) is 8.94. The van der Waals surface area contributed by atoms with Crippen LogP contribution in [0.15, 0.2) is 54.2 Å². The van der Waals surface area contributed by atoms with Gasteiger partial charge in [-0.1, -0.05) is 6.07 Å². The van der Waals surface area contributed by atoms with Crippen LogP contribution in [0.5, 0.6) is 0 Å². The van der Waals surface area contributed by atoms with Crippen molar-refractivity contribution >= 4 is 39.1 Å². The summed E-state index contributed by atoms with van der Waals surface area (Å²) in [6, 6.07) is 11.6. The highest BCUT2D eigenvalue weighted by Gasteiger charge is 2.21. The summed E-state index contributed by atoms with van der Waals surface area (Å²) in [7, 11) is 0. The number of pyridine rings is 2. The van der Waals surface area contributed by atoms with Gasteiger partial charge in [-0.25, -0.2) is 15.0 Å². The first-order valence-electron chi connectivity index (χ1n) is 8.97. The Hall–Kier alpha value is -3.39. The Labute approximate surface area is 164 Å². The van der Waals surface area contributed by atoms with Gasteiger partial charge < -0.3 is 10.6 Å². The van der Waals surface area contributed by atoms with E-state index >= 15 is 0 Å². The maximum atomic E-state index is 12.7. The molecule has 1 saturated carbocycles. The van der Waals surface area contributed by atoms with Crippen LogP contribution in [-0.4, -0.2) is 31.9 Å². The van der Waals surface area contributed by atoms with Crippen LogP contribution in [0.4, 0.5) is 11.6 Å². The SMILES string of the molecule is O=C(Nc1nc(-c2ccccn2)nc2sccc12)c1ccc(NC2CC2)nc1. The first-order valence-corrected chi connectivity index (χ1v) is 9.85. The Bertz CT molecular complexity index is 1140. The number of nitrogens with zero attached hydrogens (tertiary/aromatic N) is 4. The smallest absolute Gasteiger partial charge is 0.258 e. The number of fused-ring (bicyclic) bond motifs is 1. The molecule has 1 aliphatic carbocycles. The van der Waals surface area contributed by atoms with E-state index in [1.807, 2.05) is 35.7 Å². The molecule has 7 nitrogen and oxygen atoms in total. The van der Waals surface area contributed by atoms with E-state index in [0.717, 1.165) is 16.0 Å². The lowest BCUT2D eigenvalue weighted by Crippen LogP contribution is -2.14. The minimum absolute atomic E-state index is 0.261. The predicted octanol–water partition coefficient (Wildman–Crippen LogP) is 3.97. The fourth-order valence-corrected chi connectivity index (χ4v) is 3.55. The zero-order valence-corrected chi connectivity index (χ0v) is 15.6. The highest BCUT2D eigenvalue weighted by atomic mass is 32.1. The van der Waals surface area contributed by atoms with Crippen LogP contribution in [-0.2, 0) is 0 Å². The molecule has 0 bridgehead atoms. The molecule has 28 heavy (non-hydrogen) atoms. The molecule has 4 heterocycles. The van der Waals surface area contributed by atoms with E-state index in [4.69, 9.17) is 0 Å². The molecule has 4 aromatic rings. The second-order valence-electron chi connectivity index (χ2n) is 6.56. The lowest BCUT2D eigenvalue weighted by Gasteiger charge is -2.08. The number of rotatable bonds is 5. The van der Waals surface area contributed by atoms with Gasteiger partial charge in [0.1, 0.15) is 22.2 Å². The molecule has 0 aliphatic heterocycles. The minimum atomic E-state index is -0.261. The van der Waals surface area contributed by atoms with Crippen LogP contribution in [0, 0.1) is 0 Å². The van der Waals surface area contributed by atoms with E-state index < -0.39 is 0 Å². The van der Waals surface area contributed by atoms with Crippen molar-refractivity contribution < 1.29 is 4.79 Å². The third kappa shape index (κ3) is 3.41. The third-order valence-corrected chi connectivity index (χ3v) is 5.21. The molecule has 0 atom stereocenters. The van der Waals surface area contributed by atoms with E-state index in [1.54, 1.807) is 18.5 Å². The average Bonchev–Trinajstić information content (AvgIpc) is 3.41. The molecule has 2 N–H and O–H groups in total. The third-order valence-electron chi connectivity index (χ3n) is 4.41. The number of hydrogen-bond acceptors (Lipinski definition) is 7. The molecular weight excluding hydrogens is 372 g/mol. The fraction of sp³-hybridized carbons (Fsp3) is 0.150. The Morgan fingerprint density at radius 1 is 1.07 bits per heavy atom. The molecule has 4 aromatic heterocycles. The highest BCUT2D eigenvalue weighted by molar-refractivity contribution is 7.16. The van der Waals surface area contributed by atoms with Gasteiger partial charge in [-0.3, -0.25) is 9.78 Å². The number of nitrogens with one attached hydrogen (secondary N) is 2. The normalized spacial score (nSPS) is 13.4. The van der Waals surface area contributed by atoms with E-state index in [9.17, 15) is 4.79 Å². The molecule has 5 rings (SSSR count). The van der Waals surface area contributed by atoms with Gasteiger partial charge in [0.15, 0.2) is 5.82 Å². The van der Waals surface area contributed by atoms with E-state index in [-0.39, 0.29) is 5.91 Å². The van der Waals surface area contributed by atoms with E-state index in [1.165, 1.54) is 24.2 Å². The molecule has 1 fully saturated rings. The summed E-state index contributed by atoms with van der Waals surface area (Å²) in [5.74, 6) is 1.48. The highest BCUT2D eigenvalue weighted by Crippen LogP contribution is 2.28. The molecule has 8 heteroatoms. The number of carbonyl (C=O) groups is 1. The lowest BCUT2D eigenvalue weighted by molar-refractivity contribution is 0.102. The van der Waals surface area contributed by atoms with E-state index in [0.29, 0.717) is 28.9 Å². The average molecular weight is 388 g/mol. The molecule has 0 saturated heterocycles. The quantitative estimate of drug-likeness (QED) is 0.537. The molecule has 1 amide bonds. The molecule has 0 spiro atoms. The van der Waals surface area contributed by atoms with Crippen molar-refractivity contribution in [2.45, 2.75) is 18.9 Å². The van der Waals surface area contributed by atoms with Crippen molar-refractivity contribution in [2.24, 2.45) is 0 Å². The molecule has 0 unspecified atom stereocenters. The first kappa shape index (κ1) is 16.8. The summed E-state index contributed by atoms with van der Waals surface area (Å²) in [4.78, 5) is 31.3. The van der Waals surface area contributed by atoms with Gasteiger partial charge in [-0.2, -0.15) is 0 Å². The molecule has 138 valence electrons. The second kappa shape index (κ2) is 6.97. The van der Waals surface area contributed by atoms with Crippen molar-refractivity contribution in [3.8, 4) is 11.5 Å². The fourth-order valence-electron chi connectivity index (χ4n) is 2.79. The monoisotopic (exact) mass is 388 g/mol. The van der Waals surface area contributed by atoms with Crippen LogP contribution < -0.4 is 10.6 Å². The van der Waals surface area contributed by atoms with Crippen molar-refractivity contribution in [2.75, 3.05) is 10.6 Å². The van der Waals surface area contributed by atoms with Crippen LogP contribution in [0.1, 0.15) is 23.2 Å². The van der Waals surface area contributed by atoms with Crippen molar-refractivity contribution in [3.05, 3.63) is 59.7 Å². The summed E-state index contributed by atoms with van der Waals surface area (Å²) in [6.45, 7) is 0. The Morgan fingerprint density at radius 2 is 2.00 bits per heavy atom. The summed E-state index contributed by atoms with van der Waals surface area (Å²) < 4.78 is 0. The van der Waals surface area contributed by atoms with Gasteiger partial charge in [0.2, 0.25) is 0 Å². The summed E-state index contributed by atoms with van der Waals surface area (Å²) >= 11 is 1.50. The Morgan fingerprint density at radius 3 is 2.75 bits per heavy atom. The molecule has 0 radical (unpaired) electrons. The second-order valence-corrected chi connectivity index (χ2v) is 7.45. The number of carbonyl (C=O) groups excluding carboxylic acids is 1. The number of aromatic nitrogens is 4. The number of amides is 1. The Balaban J connectivity index is 1.43. The summed E-state index contributed by atoms with van der Waals surface area (Å²) in [5.41, 5.74) is 1.13. The standard InChI is InChI=1S/C20H16N6OS/c27-19(12-4-7-16(22-11-12)23-13-5-6-13)25-17-14-8-10-28-20(14)26-18(24-17)15-3-1-2-9-21-15/h1-4,7-11,13H,5-6H2,(H,22,23)(H,24,25,26,27). The zero-order chi connectivity index (χ0) is 18.9. The van der Waals surface area contributed by atoms with Crippen molar-refractivity contribution in [1.82, 2.24) is 19.9 Å². The minimum Gasteiger partial charge on any atom is -0.367 e. The topological polar surface area (TPSA) is 92.7 Å². The van der Waals surface area contributed by atoms with Crippen LogP contribution in [0.2, 0.25) is 0 Å². The van der Waals surface area contributed by atoms with Crippen LogP contribution in [0.25, 0.3) is 21.7 Å². The van der Waals surface area contributed by atoms with Gasteiger partial charge in [-0.15, -0.1) is 11.3 Å². The van der Waals surface area contributed by atoms with Gasteiger partial charge >= 0.3 is 0 Å². The van der Waals surface area contributed by atoms with Gasteiger partial charge in [0.25, 0.3) is 5.91 Å². The molecule has 0 aromatic carbocycles. The summed E-state index contributed by atoms with van der Waals surface area (Å²) in [6.07, 6.45) is 5.62. The first-order chi connectivity index (χ1) is 13.8. The number of anilines is 2. The van der Waals surface area contributed by atoms with Crippen molar-refractivity contribution in [3.63, 3.8) is 0 Å². The number of hydrogen-bond donors (Lipinski definition) is 2.